The molecule has 5 heteroatoms. The molecule has 2 N–H and O–H groups in total. The van der Waals surface area contributed by atoms with Crippen LogP contribution in [-0.2, 0) is 16.8 Å². The number of rotatable bonds is 7. The minimum atomic E-state index is -0.879. The zero-order valence-electron chi connectivity index (χ0n) is 16.6. The number of benzene rings is 3. The van der Waals surface area contributed by atoms with E-state index in [0.717, 1.165) is 21.6 Å². The number of anilines is 1. The molecule has 150 valence electrons. The number of nitrogens with one attached hydrogen (secondary N) is 1. The van der Waals surface area contributed by atoms with Gasteiger partial charge in [0.2, 0.25) is 0 Å². The zero-order valence-corrected chi connectivity index (χ0v) is 17.4. The van der Waals surface area contributed by atoms with Gasteiger partial charge in [0.1, 0.15) is 5.54 Å². The maximum Gasteiger partial charge on any atom is 0.309 e. The molecular weight excluding hydrogens is 392 g/mol. The van der Waals surface area contributed by atoms with Crippen LogP contribution in [0.5, 0.6) is 0 Å². The summed E-state index contributed by atoms with van der Waals surface area (Å²) < 4.78 is 0. The molecule has 1 aromatic heterocycles. The third-order valence-corrected chi connectivity index (χ3v) is 6.05. The van der Waals surface area contributed by atoms with Crippen LogP contribution in [0.1, 0.15) is 27.3 Å². The number of aryl methyl sites for hydroxylation is 1. The lowest BCUT2D eigenvalue weighted by atomic mass is 9.77. The molecule has 0 spiro atoms. The van der Waals surface area contributed by atoms with Gasteiger partial charge in [-0.15, -0.1) is 11.3 Å². The molecule has 0 saturated carbocycles. The number of carboxylic acids is 1. The summed E-state index contributed by atoms with van der Waals surface area (Å²) in [6, 6.07) is 30.8. The van der Waals surface area contributed by atoms with Gasteiger partial charge in [0.15, 0.2) is 5.13 Å². The molecule has 0 unspecified atom stereocenters. The van der Waals surface area contributed by atoms with E-state index in [2.05, 4.69) is 46.7 Å². The molecule has 0 fully saturated rings. The molecule has 4 aromatic rings. The summed E-state index contributed by atoms with van der Waals surface area (Å²) in [6.45, 7) is 1.91. The highest BCUT2D eigenvalue weighted by Crippen LogP contribution is 2.41. The number of aliphatic carboxylic acids is 1. The van der Waals surface area contributed by atoms with Gasteiger partial charge in [0.05, 0.1) is 12.1 Å². The number of thiazole rings is 1. The van der Waals surface area contributed by atoms with E-state index in [1.165, 1.54) is 11.3 Å². The quantitative estimate of drug-likeness (QED) is 0.393. The van der Waals surface area contributed by atoms with E-state index in [1.807, 2.05) is 61.5 Å². The van der Waals surface area contributed by atoms with Crippen molar-refractivity contribution in [3.05, 3.63) is 118 Å². The summed E-state index contributed by atoms with van der Waals surface area (Å²) in [4.78, 5) is 16.8. The molecule has 4 rings (SSSR count). The Morgan fingerprint density at radius 2 is 1.30 bits per heavy atom. The lowest BCUT2D eigenvalue weighted by Crippen LogP contribution is -2.38. The van der Waals surface area contributed by atoms with Crippen molar-refractivity contribution < 1.29 is 9.90 Å². The maximum absolute atomic E-state index is 11.2. The topological polar surface area (TPSA) is 62.2 Å². The Bertz CT molecular complexity index is 1030. The van der Waals surface area contributed by atoms with Crippen molar-refractivity contribution in [2.75, 3.05) is 5.32 Å². The maximum atomic E-state index is 11.2. The van der Waals surface area contributed by atoms with Crippen LogP contribution in [0.4, 0.5) is 5.13 Å². The van der Waals surface area contributed by atoms with Crippen LogP contribution in [0.3, 0.4) is 0 Å². The van der Waals surface area contributed by atoms with Crippen molar-refractivity contribution in [2.24, 2.45) is 0 Å². The molecule has 0 saturated heterocycles. The number of nitrogens with zero attached hydrogens (tertiary/aromatic N) is 1. The molecule has 3 aromatic carbocycles. The Labute approximate surface area is 179 Å². The first-order valence-electron chi connectivity index (χ1n) is 9.72. The van der Waals surface area contributed by atoms with Crippen LogP contribution in [0.15, 0.2) is 91.0 Å². The highest BCUT2D eigenvalue weighted by molar-refractivity contribution is 7.15. The first-order valence-corrected chi connectivity index (χ1v) is 10.5. The van der Waals surface area contributed by atoms with Crippen molar-refractivity contribution in [3.8, 4) is 0 Å². The van der Waals surface area contributed by atoms with Gasteiger partial charge in [0, 0.05) is 4.88 Å². The van der Waals surface area contributed by atoms with Crippen LogP contribution < -0.4 is 5.32 Å². The second kappa shape index (κ2) is 8.51. The first kappa shape index (κ1) is 19.9. The average molecular weight is 415 g/mol. The summed E-state index contributed by atoms with van der Waals surface area (Å²) in [6.07, 6.45) is -0.0843. The normalized spacial score (nSPS) is 11.2. The summed E-state index contributed by atoms with van der Waals surface area (Å²) in [5.41, 5.74) is 3.16. The summed E-state index contributed by atoms with van der Waals surface area (Å²) >= 11 is 1.48. The SMILES string of the molecule is Cc1sc(NC(c2ccccc2)(c2ccccc2)c2ccccc2)nc1CC(=O)O. The first-order chi connectivity index (χ1) is 14.6. The predicted octanol–water partition coefficient (Wildman–Crippen LogP) is 5.48. The van der Waals surface area contributed by atoms with Crippen LogP contribution in [0, 0.1) is 6.92 Å². The fourth-order valence-electron chi connectivity index (χ4n) is 3.73. The molecule has 0 bridgehead atoms. The Kier molecular flexibility index (Phi) is 5.63. The van der Waals surface area contributed by atoms with Crippen molar-refractivity contribution in [1.29, 1.82) is 0 Å². The minimum Gasteiger partial charge on any atom is -0.481 e. The summed E-state index contributed by atoms with van der Waals surface area (Å²) in [7, 11) is 0. The lowest BCUT2D eigenvalue weighted by Gasteiger charge is -2.36. The van der Waals surface area contributed by atoms with Gasteiger partial charge in [-0.05, 0) is 23.6 Å². The molecule has 0 radical (unpaired) electrons. The standard InChI is InChI=1S/C25H22N2O2S/c1-18-22(17-23(28)29)26-24(30-18)27-25(19-11-5-2-6-12-19,20-13-7-3-8-14-20)21-15-9-4-10-16-21/h2-16H,17H2,1H3,(H,26,27)(H,28,29). The van der Waals surface area contributed by atoms with E-state index in [-0.39, 0.29) is 6.42 Å². The largest absolute Gasteiger partial charge is 0.481 e. The second-order valence-corrected chi connectivity index (χ2v) is 8.27. The van der Waals surface area contributed by atoms with E-state index in [4.69, 9.17) is 0 Å². The van der Waals surface area contributed by atoms with Gasteiger partial charge in [-0.3, -0.25) is 4.79 Å². The lowest BCUT2D eigenvalue weighted by molar-refractivity contribution is -0.136. The van der Waals surface area contributed by atoms with Crippen molar-refractivity contribution >= 4 is 22.4 Å². The van der Waals surface area contributed by atoms with E-state index < -0.39 is 11.5 Å². The number of aromatic nitrogens is 1. The van der Waals surface area contributed by atoms with E-state index >= 15 is 0 Å². The molecule has 0 aliphatic heterocycles. The van der Waals surface area contributed by atoms with E-state index in [0.29, 0.717) is 10.8 Å². The minimum absolute atomic E-state index is 0.0843. The highest BCUT2D eigenvalue weighted by Gasteiger charge is 2.37. The van der Waals surface area contributed by atoms with Gasteiger partial charge < -0.3 is 10.4 Å². The molecule has 4 nitrogen and oxygen atoms in total. The van der Waals surface area contributed by atoms with Crippen LogP contribution in [0.2, 0.25) is 0 Å². The molecular formula is C25H22N2O2S. The van der Waals surface area contributed by atoms with Crippen molar-refractivity contribution in [2.45, 2.75) is 18.9 Å². The van der Waals surface area contributed by atoms with Crippen molar-refractivity contribution in [1.82, 2.24) is 4.98 Å². The second-order valence-electron chi connectivity index (χ2n) is 7.07. The Morgan fingerprint density at radius 1 is 0.867 bits per heavy atom. The summed E-state index contributed by atoms with van der Waals surface area (Å²) in [5.74, 6) is -0.879. The predicted molar refractivity (Wildman–Crippen MR) is 121 cm³/mol. The van der Waals surface area contributed by atoms with Crippen LogP contribution in [-0.4, -0.2) is 16.1 Å². The third-order valence-electron chi connectivity index (χ3n) is 5.13. The number of hydrogen-bond donors (Lipinski definition) is 2. The zero-order chi connectivity index (χ0) is 21.0. The fourth-order valence-corrected chi connectivity index (χ4v) is 4.62. The van der Waals surface area contributed by atoms with Crippen molar-refractivity contribution in [3.63, 3.8) is 0 Å². The smallest absolute Gasteiger partial charge is 0.309 e. The van der Waals surface area contributed by atoms with Gasteiger partial charge in [-0.2, -0.15) is 0 Å². The van der Waals surface area contributed by atoms with Crippen LogP contribution >= 0.6 is 11.3 Å². The van der Waals surface area contributed by atoms with Gasteiger partial charge in [0.25, 0.3) is 0 Å². The summed E-state index contributed by atoms with van der Waals surface area (Å²) in [5, 5.41) is 13.6. The molecule has 0 amide bonds. The van der Waals surface area contributed by atoms with E-state index in [1.54, 1.807) is 0 Å². The monoisotopic (exact) mass is 414 g/mol. The molecule has 0 aliphatic carbocycles. The van der Waals surface area contributed by atoms with Gasteiger partial charge in [-0.25, -0.2) is 4.98 Å². The molecule has 30 heavy (non-hydrogen) atoms. The van der Waals surface area contributed by atoms with Gasteiger partial charge in [-0.1, -0.05) is 91.0 Å². The Balaban J connectivity index is 1.93. The average Bonchev–Trinajstić information content (AvgIpc) is 3.12. The molecule has 1 heterocycles. The number of hydrogen-bond acceptors (Lipinski definition) is 4. The van der Waals surface area contributed by atoms with Gasteiger partial charge >= 0.3 is 5.97 Å². The number of carbonyl (C=O) groups is 1. The Morgan fingerprint density at radius 3 is 1.70 bits per heavy atom. The third kappa shape index (κ3) is 3.84. The Hall–Kier alpha value is -3.44. The highest BCUT2D eigenvalue weighted by atomic mass is 32.1. The molecule has 0 atom stereocenters. The molecule has 0 aliphatic rings. The number of carboxylic acid groups (broad SMARTS) is 1. The van der Waals surface area contributed by atoms with Crippen LogP contribution in [0.25, 0.3) is 0 Å². The van der Waals surface area contributed by atoms with E-state index in [9.17, 15) is 9.90 Å². The fraction of sp³-hybridized carbons (Fsp3) is 0.120.